The molecular formula is C45H34. The first-order chi connectivity index (χ1) is 21.7. The van der Waals surface area contributed by atoms with Crippen molar-refractivity contribution in [1.82, 2.24) is 0 Å². The Morgan fingerprint density at radius 1 is 0.556 bits per heavy atom. The summed E-state index contributed by atoms with van der Waals surface area (Å²) in [6.07, 6.45) is 5.92. The lowest BCUT2D eigenvalue weighted by Crippen LogP contribution is -2.24. The Labute approximate surface area is 264 Å². The van der Waals surface area contributed by atoms with Crippen LogP contribution in [0, 0.1) is 5.92 Å². The first-order valence-corrected chi connectivity index (χ1v) is 16.7. The Balaban J connectivity index is 1.23. The highest BCUT2D eigenvalue weighted by molar-refractivity contribution is 6.27. The zero-order valence-corrected chi connectivity index (χ0v) is 26.5. The highest BCUT2D eigenvalue weighted by Crippen LogP contribution is 2.63. The maximum absolute atomic E-state index is 2.60. The molecule has 0 radical (unpaired) electrons. The van der Waals surface area contributed by atoms with Crippen molar-refractivity contribution in [3.8, 4) is 22.3 Å². The summed E-state index contributed by atoms with van der Waals surface area (Å²) in [4.78, 5) is 0. The van der Waals surface area contributed by atoms with Gasteiger partial charge in [0.2, 0.25) is 0 Å². The predicted molar refractivity (Wildman–Crippen MR) is 193 cm³/mol. The molecule has 0 spiro atoms. The Morgan fingerprint density at radius 2 is 1.18 bits per heavy atom. The first kappa shape index (κ1) is 24.6. The van der Waals surface area contributed by atoms with Crippen molar-refractivity contribution >= 4 is 54.2 Å². The Morgan fingerprint density at radius 3 is 1.91 bits per heavy atom. The summed E-state index contributed by atoms with van der Waals surface area (Å²) in [5.41, 5.74) is 17.5. The van der Waals surface area contributed by atoms with Crippen LogP contribution in [0.15, 0.2) is 97.1 Å². The second kappa shape index (κ2) is 7.57. The van der Waals surface area contributed by atoms with Crippen LogP contribution in [0.4, 0.5) is 0 Å². The van der Waals surface area contributed by atoms with Gasteiger partial charge in [0.25, 0.3) is 0 Å². The predicted octanol–water partition coefficient (Wildman–Crippen LogP) is 12.2. The van der Waals surface area contributed by atoms with Crippen LogP contribution in [0.3, 0.4) is 0 Å². The van der Waals surface area contributed by atoms with Crippen molar-refractivity contribution in [2.24, 2.45) is 5.92 Å². The van der Waals surface area contributed by atoms with E-state index in [1.165, 1.54) is 104 Å². The van der Waals surface area contributed by atoms with Gasteiger partial charge >= 0.3 is 0 Å². The quantitative estimate of drug-likeness (QED) is 0.158. The third kappa shape index (κ3) is 2.67. The van der Waals surface area contributed by atoms with E-state index in [4.69, 9.17) is 0 Å². The molecule has 11 rings (SSSR count). The third-order valence-electron chi connectivity index (χ3n) is 12.2. The molecule has 0 aliphatic heterocycles. The molecule has 0 bridgehead atoms. The molecule has 0 heteroatoms. The average Bonchev–Trinajstić information content (AvgIpc) is 3.57. The fourth-order valence-corrected chi connectivity index (χ4v) is 10.3. The smallest absolute Gasteiger partial charge is 0.0162 e. The Hall–Kier alpha value is -4.68. The molecule has 0 heterocycles. The van der Waals surface area contributed by atoms with Gasteiger partial charge in [-0.2, -0.15) is 0 Å². The van der Waals surface area contributed by atoms with Gasteiger partial charge in [0.15, 0.2) is 0 Å². The first-order valence-electron chi connectivity index (χ1n) is 16.7. The van der Waals surface area contributed by atoms with Crippen LogP contribution in [0.2, 0.25) is 0 Å². The molecule has 1 unspecified atom stereocenters. The summed E-state index contributed by atoms with van der Waals surface area (Å²) < 4.78 is 0. The van der Waals surface area contributed by atoms with E-state index in [-0.39, 0.29) is 10.8 Å². The summed E-state index contributed by atoms with van der Waals surface area (Å²) in [6, 6.07) is 33.2. The van der Waals surface area contributed by atoms with E-state index >= 15 is 0 Å². The molecule has 0 fully saturated rings. The minimum atomic E-state index is -0.111. The minimum absolute atomic E-state index is 0.109. The van der Waals surface area contributed by atoms with E-state index in [1.54, 1.807) is 5.57 Å². The molecule has 7 aromatic rings. The summed E-state index contributed by atoms with van der Waals surface area (Å²) in [6.45, 7) is 12.3. The van der Waals surface area contributed by atoms with Gasteiger partial charge in [-0.3, -0.25) is 0 Å². The number of allylic oxidation sites excluding steroid dienone is 4. The standard InChI is InChI=1S/C45H34/c1-23-12-16-27-28-10-7-11-29-39(28)34(33(27)20-23)22-36-40(29)31-18-19-32-41-30-17-15-25-9-6-8-24-13-14-26(38(30)37(24)25)21-35(41)44(2,3)42(32)43(31)45(36,4)5/h6-19,21-23H,20H2,1-5H3. The van der Waals surface area contributed by atoms with Gasteiger partial charge in [-0.05, 0) is 134 Å². The molecule has 214 valence electrons. The van der Waals surface area contributed by atoms with Crippen LogP contribution < -0.4 is 0 Å². The number of hydrogen-bond acceptors (Lipinski definition) is 0. The zero-order valence-electron chi connectivity index (χ0n) is 26.5. The number of rotatable bonds is 0. The average molecular weight is 575 g/mol. The summed E-state index contributed by atoms with van der Waals surface area (Å²) >= 11 is 0. The van der Waals surface area contributed by atoms with Gasteiger partial charge in [-0.15, -0.1) is 0 Å². The van der Waals surface area contributed by atoms with Gasteiger partial charge in [-0.1, -0.05) is 120 Å². The van der Waals surface area contributed by atoms with E-state index in [9.17, 15) is 0 Å². The van der Waals surface area contributed by atoms with Crippen molar-refractivity contribution in [3.05, 3.63) is 130 Å². The van der Waals surface area contributed by atoms with Crippen LogP contribution in [0.5, 0.6) is 0 Å². The topological polar surface area (TPSA) is 0 Å². The number of hydrogen-bond donors (Lipinski definition) is 0. The van der Waals surface area contributed by atoms with Gasteiger partial charge in [-0.25, -0.2) is 0 Å². The second-order valence-electron chi connectivity index (χ2n) is 15.3. The van der Waals surface area contributed by atoms with E-state index in [0.29, 0.717) is 5.92 Å². The molecular weight excluding hydrogens is 540 g/mol. The number of fused-ring (bicyclic) bond motifs is 11. The van der Waals surface area contributed by atoms with Crippen LogP contribution >= 0.6 is 0 Å². The molecule has 45 heavy (non-hydrogen) atoms. The molecule has 0 amide bonds. The van der Waals surface area contributed by atoms with Gasteiger partial charge in [0.05, 0.1) is 0 Å². The molecule has 0 nitrogen and oxygen atoms in total. The van der Waals surface area contributed by atoms with Gasteiger partial charge < -0.3 is 0 Å². The highest BCUT2D eigenvalue weighted by Gasteiger charge is 2.47. The lowest BCUT2D eigenvalue weighted by molar-refractivity contribution is 0.601. The van der Waals surface area contributed by atoms with E-state index < -0.39 is 0 Å². The summed E-state index contributed by atoms with van der Waals surface area (Å²) in [7, 11) is 0. The summed E-state index contributed by atoms with van der Waals surface area (Å²) in [5.74, 6) is 0.577. The van der Waals surface area contributed by atoms with Crippen LogP contribution in [-0.2, 0) is 10.8 Å². The number of benzene rings is 7. The fraction of sp³-hybridized carbons (Fsp3) is 0.200. The van der Waals surface area contributed by atoms with E-state index in [0.717, 1.165) is 6.42 Å². The molecule has 1 atom stereocenters. The van der Waals surface area contributed by atoms with E-state index in [1.807, 2.05) is 0 Å². The molecule has 0 saturated carbocycles. The van der Waals surface area contributed by atoms with Crippen LogP contribution in [-0.4, -0.2) is 0 Å². The Kier molecular flexibility index (Phi) is 4.14. The summed E-state index contributed by atoms with van der Waals surface area (Å²) in [5, 5.41) is 11.1. The molecule has 0 N–H and O–H groups in total. The fourth-order valence-electron chi connectivity index (χ4n) is 10.3. The Bertz CT molecular complexity index is 2600. The molecule has 0 aromatic heterocycles. The molecule has 4 aliphatic carbocycles. The van der Waals surface area contributed by atoms with Crippen LogP contribution in [0.1, 0.15) is 74.4 Å². The van der Waals surface area contributed by atoms with Gasteiger partial charge in [0.1, 0.15) is 0 Å². The van der Waals surface area contributed by atoms with Crippen molar-refractivity contribution in [3.63, 3.8) is 0 Å². The third-order valence-corrected chi connectivity index (χ3v) is 12.2. The van der Waals surface area contributed by atoms with Crippen molar-refractivity contribution < 1.29 is 0 Å². The zero-order chi connectivity index (χ0) is 30.1. The molecule has 4 aliphatic rings. The SMILES string of the molecule is CC1C=CC2=C(C1)c1cc3c(c4cccc2c14)-c1ccc2c(c1C3(C)C)C(C)(C)c1cc3ccc4cccc5ccc(c1-2)c3c45. The van der Waals surface area contributed by atoms with Crippen molar-refractivity contribution in [2.75, 3.05) is 0 Å². The van der Waals surface area contributed by atoms with Crippen LogP contribution in [0.25, 0.3) is 76.5 Å². The largest absolute Gasteiger partial charge is 0.0807 e. The minimum Gasteiger partial charge on any atom is -0.0807 e. The van der Waals surface area contributed by atoms with Crippen molar-refractivity contribution in [2.45, 2.75) is 51.9 Å². The monoisotopic (exact) mass is 574 g/mol. The van der Waals surface area contributed by atoms with Crippen molar-refractivity contribution in [1.29, 1.82) is 0 Å². The maximum Gasteiger partial charge on any atom is 0.0162 e. The molecule has 7 aromatic carbocycles. The normalized spacial score (nSPS) is 19.5. The van der Waals surface area contributed by atoms with Gasteiger partial charge in [0, 0.05) is 10.8 Å². The van der Waals surface area contributed by atoms with E-state index in [2.05, 4.69) is 132 Å². The maximum atomic E-state index is 2.60. The highest BCUT2D eigenvalue weighted by atomic mass is 14.5. The second-order valence-corrected chi connectivity index (χ2v) is 15.3. The molecule has 0 saturated heterocycles. The lowest BCUT2D eigenvalue weighted by Gasteiger charge is -2.31. The lowest BCUT2D eigenvalue weighted by atomic mass is 9.72.